The fraction of sp³-hybridized carbons (Fsp3) is 0.100. The molecular formula is C20H18N2O2S. The number of anilines is 1. The van der Waals surface area contributed by atoms with Crippen molar-refractivity contribution in [1.29, 1.82) is 0 Å². The van der Waals surface area contributed by atoms with Gasteiger partial charge in [0.25, 0.3) is 0 Å². The predicted octanol–water partition coefficient (Wildman–Crippen LogP) is 4.96. The minimum Gasteiger partial charge on any atom is -0.497 e. The van der Waals surface area contributed by atoms with Gasteiger partial charge in [-0.2, -0.15) is 5.10 Å². The van der Waals surface area contributed by atoms with E-state index in [1.54, 1.807) is 7.11 Å². The number of carbonyl (C=O) groups is 1. The molecule has 4 nitrogen and oxygen atoms in total. The molecule has 0 fully saturated rings. The van der Waals surface area contributed by atoms with E-state index in [4.69, 9.17) is 4.74 Å². The molecule has 0 atom stereocenters. The Bertz CT molecular complexity index is 920. The van der Waals surface area contributed by atoms with Crippen LogP contribution in [0.5, 0.6) is 5.75 Å². The SMILES string of the molecule is COc1ccc(NN=C(Sc2ccc3ccccc3c2)C(C)=O)cc1. The lowest BCUT2D eigenvalue weighted by Gasteiger charge is -2.07. The summed E-state index contributed by atoms with van der Waals surface area (Å²) in [5, 5.41) is 6.98. The number of nitrogens with zero attached hydrogens (tertiary/aromatic N) is 1. The molecule has 5 heteroatoms. The van der Waals surface area contributed by atoms with E-state index in [-0.39, 0.29) is 5.78 Å². The van der Waals surface area contributed by atoms with Gasteiger partial charge >= 0.3 is 0 Å². The quantitative estimate of drug-likeness (QED) is 0.306. The topological polar surface area (TPSA) is 50.7 Å². The van der Waals surface area contributed by atoms with Crippen molar-refractivity contribution in [3.05, 3.63) is 66.7 Å². The van der Waals surface area contributed by atoms with E-state index < -0.39 is 0 Å². The second-order valence-electron chi connectivity index (χ2n) is 5.42. The van der Waals surface area contributed by atoms with Crippen LogP contribution >= 0.6 is 11.8 Å². The van der Waals surface area contributed by atoms with Gasteiger partial charge in [-0.1, -0.05) is 42.1 Å². The third-order valence-electron chi connectivity index (χ3n) is 3.61. The fourth-order valence-corrected chi connectivity index (χ4v) is 3.08. The number of fused-ring (bicyclic) bond motifs is 1. The van der Waals surface area contributed by atoms with Crippen molar-refractivity contribution < 1.29 is 9.53 Å². The van der Waals surface area contributed by atoms with Gasteiger partial charge in [0.2, 0.25) is 0 Å². The lowest BCUT2D eigenvalue weighted by atomic mass is 10.1. The number of hydrogen-bond acceptors (Lipinski definition) is 5. The zero-order valence-corrected chi connectivity index (χ0v) is 14.8. The molecule has 0 heterocycles. The second-order valence-corrected chi connectivity index (χ2v) is 6.49. The Kier molecular flexibility index (Phi) is 5.36. The van der Waals surface area contributed by atoms with Gasteiger partial charge in [-0.25, -0.2) is 0 Å². The van der Waals surface area contributed by atoms with Crippen molar-refractivity contribution in [3.63, 3.8) is 0 Å². The van der Waals surface area contributed by atoms with Crippen molar-refractivity contribution in [1.82, 2.24) is 0 Å². The van der Waals surface area contributed by atoms with Gasteiger partial charge in [0.05, 0.1) is 12.8 Å². The van der Waals surface area contributed by atoms with Crippen LogP contribution in [0.3, 0.4) is 0 Å². The van der Waals surface area contributed by atoms with Crippen LogP contribution in [0.4, 0.5) is 5.69 Å². The van der Waals surface area contributed by atoms with Gasteiger partial charge in [-0.05, 0) is 47.2 Å². The number of carbonyl (C=O) groups excluding carboxylic acids is 1. The lowest BCUT2D eigenvalue weighted by molar-refractivity contribution is -0.110. The average molecular weight is 350 g/mol. The molecule has 1 N–H and O–H groups in total. The Hall–Kier alpha value is -2.79. The van der Waals surface area contributed by atoms with Gasteiger partial charge in [-0.3, -0.25) is 10.2 Å². The summed E-state index contributed by atoms with van der Waals surface area (Å²) in [5.74, 6) is 0.686. The highest BCUT2D eigenvalue weighted by Crippen LogP contribution is 2.25. The Morgan fingerprint density at radius 3 is 2.40 bits per heavy atom. The minimum absolute atomic E-state index is 0.0841. The number of hydrazone groups is 1. The molecule has 0 saturated heterocycles. The summed E-state index contributed by atoms with van der Waals surface area (Å²) in [4.78, 5) is 12.9. The van der Waals surface area contributed by atoms with Crippen LogP contribution in [-0.4, -0.2) is 17.9 Å². The summed E-state index contributed by atoms with van der Waals surface area (Å²) in [6, 6.07) is 21.6. The molecule has 3 aromatic carbocycles. The average Bonchev–Trinajstić information content (AvgIpc) is 2.65. The van der Waals surface area contributed by atoms with Crippen molar-refractivity contribution in [2.45, 2.75) is 11.8 Å². The summed E-state index contributed by atoms with van der Waals surface area (Å²) in [7, 11) is 1.62. The Morgan fingerprint density at radius 2 is 1.72 bits per heavy atom. The predicted molar refractivity (Wildman–Crippen MR) is 105 cm³/mol. The van der Waals surface area contributed by atoms with Gasteiger partial charge in [0, 0.05) is 11.8 Å². The molecule has 0 spiro atoms. The van der Waals surface area contributed by atoms with Crippen LogP contribution in [0, 0.1) is 0 Å². The molecule has 0 aliphatic rings. The van der Waals surface area contributed by atoms with Gasteiger partial charge in [-0.15, -0.1) is 0 Å². The summed E-state index contributed by atoms with van der Waals surface area (Å²) < 4.78 is 5.13. The van der Waals surface area contributed by atoms with E-state index in [9.17, 15) is 4.79 Å². The van der Waals surface area contributed by atoms with Crippen molar-refractivity contribution in [2.24, 2.45) is 5.10 Å². The summed E-state index contributed by atoms with van der Waals surface area (Å²) in [6.07, 6.45) is 0. The highest BCUT2D eigenvalue weighted by Gasteiger charge is 2.09. The first-order valence-electron chi connectivity index (χ1n) is 7.81. The number of Topliss-reactive ketones (excluding diaryl/α,β-unsaturated/α-hetero) is 1. The lowest BCUT2D eigenvalue weighted by Crippen LogP contribution is -2.08. The van der Waals surface area contributed by atoms with Crippen LogP contribution in [0.25, 0.3) is 10.8 Å². The summed E-state index contributed by atoms with van der Waals surface area (Å²) >= 11 is 1.35. The maximum Gasteiger partial charge on any atom is 0.186 e. The fourth-order valence-electron chi connectivity index (χ4n) is 2.30. The normalized spacial score (nSPS) is 11.4. The number of benzene rings is 3. The van der Waals surface area contributed by atoms with E-state index in [1.165, 1.54) is 24.1 Å². The molecule has 0 aromatic heterocycles. The van der Waals surface area contributed by atoms with Crippen molar-refractivity contribution >= 4 is 39.0 Å². The monoisotopic (exact) mass is 350 g/mol. The summed E-state index contributed by atoms with van der Waals surface area (Å²) in [5.41, 5.74) is 3.72. The van der Waals surface area contributed by atoms with Crippen LogP contribution < -0.4 is 10.2 Å². The van der Waals surface area contributed by atoms with Crippen LogP contribution in [0.1, 0.15) is 6.92 Å². The van der Waals surface area contributed by atoms with E-state index in [0.717, 1.165) is 21.7 Å². The summed E-state index contributed by atoms with van der Waals surface area (Å²) in [6.45, 7) is 1.52. The molecule has 0 saturated carbocycles. The molecule has 0 radical (unpaired) electrons. The number of hydrogen-bond donors (Lipinski definition) is 1. The first-order chi connectivity index (χ1) is 12.2. The van der Waals surface area contributed by atoms with Crippen molar-refractivity contribution in [3.8, 4) is 5.75 Å². The van der Waals surface area contributed by atoms with Crippen molar-refractivity contribution in [2.75, 3.05) is 12.5 Å². The Morgan fingerprint density at radius 1 is 1.00 bits per heavy atom. The molecule has 3 rings (SSSR count). The standard InChI is InChI=1S/C20H18N2O2S/c1-14(23)20(22-21-17-8-10-18(24-2)11-9-17)25-19-12-7-15-5-3-4-6-16(15)13-19/h3-13,21H,1-2H3. The van der Waals surface area contributed by atoms with Gasteiger partial charge in [0.15, 0.2) is 10.8 Å². The van der Waals surface area contributed by atoms with E-state index in [1.807, 2.05) is 48.5 Å². The number of rotatable bonds is 5. The molecule has 126 valence electrons. The number of ether oxygens (including phenoxy) is 1. The maximum absolute atomic E-state index is 11.9. The molecule has 0 aliphatic carbocycles. The number of nitrogens with one attached hydrogen (secondary N) is 1. The first-order valence-corrected chi connectivity index (χ1v) is 8.63. The molecule has 0 aliphatic heterocycles. The van der Waals surface area contributed by atoms with E-state index >= 15 is 0 Å². The number of ketones is 1. The highest BCUT2D eigenvalue weighted by atomic mass is 32.2. The van der Waals surface area contributed by atoms with Crippen LogP contribution in [0.2, 0.25) is 0 Å². The third kappa shape index (κ3) is 4.39. The molecular weight excluding hydrogens is 332 g/mol. The first kappa shape index (κ1) is 17.0. The maximum atomic E-state index is 11.9. The largest absolute Gasteiger partial charge is 0.497 e. The highest BCUT2D eigenvalue weighted by molar-refractivity contribution is 8.15. The van der Waals surface area contributed by atoms with E-state index in [2.05, 4.69) is 28.7 Å². The molecule has 25 heavy (non-hydrogen) atoms. The van der Waals surface area contributed by atoms with E-state index in [0.29, 0.717) is 5.04 Å². The number of methoxy groups -OCH3 is 1. The van der Waals surface area contributed by atoms with Gasteiger partial charge < -0.3 is 4.74 Å². The second kappa shape index (κ2) is 7.85. The zero-order valence-electron chi connectivity index (χ0n) is 14.0. The van der Waals surface area contributed by atoms with Crippen LogP contribution in [-0.2, 0) is 4.79 Å². The Labute approximate surface area is 150 Å². The molecule has 3 aromatic rings. The zero-order chi connectivity index (χ0) is 17.6. The minimum atomic E-state index is -0.0841. The smallest absolute Gasteiger partial charge is 0.186 e. The van der Waals surface area contributed by atoms with Gasteiger partial charge in [0.1, 0.15) is 5.75 Å². The molecule has 0 bridgehead atoms. The Balaban J connectivity index is 1.78. The van der Waals surface area contributed by atoms with Crippen LogP contribution in [0.15, 0.2) is 76.7 Å². The molecule has 0 unspecified atom stereocenters. The third-order valence-corrected chi connectivity index (χ3v) is 4.67. The number of thioether (sulfide) groups is 1. The molecule has 0 amide bonds.